The van der Waals surface area contributed by atoms with Crippen molar-refractivity contribution in [3.8, 4) is 5.75 Å². The lowest BCUT2D eigenvalue weighted by Gasteiger charge is -2.31. The summed E-state index contributed by atoms with van der Waals surface area (Å²) in [6, 6.07) is 14.3. The highest BCUT2D eigenvalue weighted by Gasteiger charge is 2.29. The predicted octanol–water partition coefficient (Wildman–Crippen LogP) is 4.61. The second-order valence-electron chi connectivity index (χ2n) is 7.78. The molecule has 0 aromatic heterocycles. The molecule has 1 atom stereocenters. The van der Waals surface area contributed by atoms with E-state index < -0.39 is 6.04 Å². The smallest absolute Gasteiger partial charge is 0.261 e. The Balaban J connectivity index is 2.19. The molecule has 0 saturated heterocycles. The normalized spacial score (nSPS) is 11.8. The minimum atomic E-state index is -0.603. The summed E-state index contributed by atoms with van der Waals surface area (Å²) in [7, 11) is 0. The number of nitrogens with zero attached hydrogens (tertiary/aromatic N) is 1. The molecule has 6 heteroatoms. The molecule has 2 aromatic rings. The molecule has 0 aliphatic carbocycles. The number of amides is 2. The van der Waals surface area contributed by atoms with Crippen LogP contribution in [0.15, 0.2) is 48.5 Å². The van der Waals surface area contributed by atoms with Crippen LogP contribution in [0.5, 0.6) is 5.75 Å². The average molecular weight is 431 g/mol. The van der Waals surface area contributed by atoms with Gasteiger partial charge in [-0.3, -0.25) is 9.59 Å². The predicted molar refractivity (Wildman–Crippen MR) is 121 cm³/mol. The summed E-state index contributed by atoms with van der Waals surface area (Å²) < 4.78 is 5.69. The molecule has 0 saturated carbocycles. The molecular formula is C24H31ClN2O3. The van der Waals surface area contributed by atoms with Crippen molar-refractivity contribution in [2.24, 2.45) is 5.92 Å². The quantitative estimate of drug-likeness (QED) is 0.598. The third-order valence-electron chi connectivity index (χ3n) is 4.75. The van der Waals surface area contributed by atoms with Gasteiger partial charge in [0, 0.05) is 18.1 Å². The summed E-state index contributed by atoms with van der Waals surface area (Å²) in [5.74, 6) is 0.511. The number of nitrogens with one attached hydrogen (secondary N) is 1. The molecule has 0 fully saturated rings. The second-order valence-corrected chi connectivity index (χ2v) is 8.19. The zero-order chi connectivity index (χ0) is 22.1. The number of hydrogen-bond donors (Lipinski definition) is 1. The molecule has 0 aliphatic heterocycles. The lowest BCUT2D eigenvalue weighted by Crippen LogP contribution is -2.50. The van der Waals surface area contributed by atoms with Gasteiger partial charge in [0.15, 0.2) is 6.61 Å². The molecule has 0 radical (unpaired) electrons. The van der Waals surface area contributed by atoms with Crippen LogP contribution in [0.2, 0.25) is 5.02 Å². The van der Waals surface area contributed by atoms with E-state index in [1.165, 1.54) is 0 Å². The van der Waals surface area contributed by atoms with E-state index >= 15 is 0 Å². The minimum Gasteiger partial charge on any atom is -0.484 e. The molecule has 1 N–H and O–H groups in total. The lowest BCUT2D eigenvalue weighted by atomic mass is 10.1. The summed E-state index contributed by atoms with van der Waals surface area (Å²) in [6.45, 7) is 8.59. The third-order valence-corrected chi connectivity index (χ3v) is 5.12. The number of carbonyl (C=O) groups excluding carboxylic acids is 2. The van der Waals surface area contributed by atoms with Crippen LogP contribution in [-0.2, 0) is 16.1 Å². The van der Waals surface area contributed by atoms with Gasteiger partial charge in [-0.15, -0.1) is 0 Å². The molecule has 0 unspecified atom stereocenters. The summed E-state index contributed by atoms with van der Waals surface area (Å²) in [6.07, 6.45) is 0.491. The molecule has 162 valence electrons. The van der Waals surface area contributed by atoms with Crippen LogP contribution >= 0.6 is 11.6 Å². The monoisotopic (exact) mass is 430 g/mol. The largest absolute Gasteiger partial charge is 0.484 e. The van der Waals surface area contributed by atoms with Crippen LogP contribution in [0.1, 0.15) is 38.3 Å². The van der Waals surface area contributed by atoms with Crippen molar-refractivity contribution in [1.82, 2.24) is 10.2 Å². The summed E-state index contributed by atoms with van der Waals surface area (Å²) in [5, 5.41) is 3.50. The Morgan fingerprint density at radius 3 is 2.37 bits per heavy atom. The number of halogens is 1. The van der Waals surface area contributed by atoms with E-state index in [0.717, 1.165) is 11.1 Å². The van der Waals surface area contributed by atoms with Crippen molar-refractivity contribution in [3.63, 3.8) is 0 Å². The van der Waals surface area contributed by atoms with E-state index in [1.54, 1.807) is 11.0 Å². The van der Waals surface area contributed by atoms with Crippen LogP contribution in [-0.4, -0.2) is 35.9 Å². The fraction of sp³-hybridized carbons (Fsp3) is 0.417. The van der Waals surface area contributed by atoms with Gasteiger partial charge in [0.1, 0.15) is 11.8 Å². The first kappa shape index (κ1) is 23.7. The van der Waals surface area contributed by atoms with Crippen LogP contribution in [0.25, 0.3) is 0 Å². The highest BCUT2D eigenvalue weighted by molar-refractivity contribution is 6.31. The third kappa shape index (κ3) is 7.06. The first-order valence-corrected chi connectivity index (χ1v) is 10.7. The highest BCUT2D eigenvalue weighted by atomic mass is 35.5. The second kappa shape index (κ2) is 11.6. The number of carbonyl (C=O) groups is 2. The topological polar surface area (TPSA) is 58.6 Å². The molecule has 0 heterocycles. The average Bonchev–Trinajstić information content (AvgIpc) is 2.72. The van der Waals surface area contributed by atoms with Crippen LogP contribution in [0.3, 0.4) is 0 Å². The van der Waals surface area contributed by atoms with Gasteiger partial charge in [0.05, 0.1) is 0 Å². The van der Waals surface area contributed by atoms with Crippen molar-refractivity contribution < 1.29 is 14.3 Å². The molecule has 30 heavy (non-hydrogen) atoms. The zero-order valence-corrected chi connectivity index (χ0v) is 18.9. The Morgan fingerprint density at radius 2 is 1.77 bits per heavy atom. The Kier molecular flexibility index (Phi) is 9.18. The molecule has 2 aromatic carbocycles. The van der Waals surface area contributed by atoms with Crippen LogP contribution in [0.4, 0.5) is 0 Å². The van der Waals surface area contributed by atoms with Crippen molar-refractivity contribution in [2.75, 3.05) is 13.2 Å². The van der Waals surface area contributed by atoms with Crippen LogP contribution < -0.4 is 10.1 Å². The van der Waals surface area contributed by atoms with Crippen molar-refractivity contribution in [1.29, 1.82) is 0 Å². The molecule has 0 spiro atoms. The zero-order valence-electron chi connectivity index (χ0n) is 18.2. The van der Waals surface area contributed by atoms with E-state index in [9.17, 15) is 9.59 Å². The van der Waals surface area contributed by atoms with Crippen molar-refractivity contribution >= 4 is 23.4 Å². The molecule has 5 nitrogen and oxygen atoms in total. The van der Waals surface area contributed by atoms with Crippen molar-refractivity contribution in [2.45, 2.75) is 46.7 Å². The van der Waals surface area contributed by atoms with E-state index in [-0.39, 0.29) is 25.0 Å². The van der Waals surface area contributed by atoms with Gasteiger partial charge < -0.3 is 15.0 Å². The van der Waals surface area contributed by atoms with Gasteiger partial charge in [-0.05, 0) is 43.0 Å². The SMILES string of the molecule is CC[C@@H](C(=O)NCC(C)C)N(Cc1ccccc1Cl)C(=O)COc1ccc(C)cc1. The molecule has 0 aliphatic rings. The maximum atomic E-state index is 13.1. The lowest BCUT2D eigenvalue weighted by molar-refractivity contribution is -0.143. The molecule has 2 rings (SSSR count). The standard InChI is InChI=1S/C24H31ClN2O3/c1-5-22(24(29)26-14-17(2)3)27(15-19-8-6-7-9-21(19)25)23(28)16-30-20-12-10-18(4)11-13-20/h6-13,17,22H,5,14-16H2,1-4H3,(H,26,29)/t22-/m0/s1. The first-order valence-electron chi connectivity index (χ1n) is 10.3. The van der Waals surface area contributed by atoms with E-state index in [1.807, 2.05) is 70.2 Å². The van der Waals surface area contributed by atoms with Gasteiger partial charge in [0.2, 0.25) is 5.91 Å². The number of rotatable bonds is 10. The minimum absolute atomic E-state index is 0.151. The Morgan fingerprint density at radius 1 is 1.10 bits per heavy atom. The number of hydrogen-bond acceptors (Lipinski definition) is 3. The Bertz CT molecular complexity index is 837. The van der Waals surface area contributed by atoms with Gasteiger partial charge in [-0.25, -0.2) is 0 Å². The maximum Gasteiger partial charge on any atom is 0.261 e. The van der Waals surface area contributed by atoms with Gasteiger partial charge >= 0.3 is 0 Å². The van der Waals surface area contributed by atoms with E-state index in [4.69, 9.17) is 16.3 Å². The maximum absolute atomic E-state index is 13.1. The number of ether oxygens (including phenoxy) is 1. The number of aryl methyl sites for hydroxylation is 1. The fourth-order valence-corrected chi connectivity index (χ4v) is 3.21. The fourth-order valence-electron chi connectivity index (χ4n) is 3.01. The summed E-state index contributed by atoms with van der Waals surface area (Å²) >= 11 is 6.32. The molecule has 2 amide bonds. The van der Waals surface area contributed by atoms with Gasteiger partial charge in [-0.1, -0.05) is 68.3 Å². The molecular weight excluding hydrogens is 400 g/mol. The van der Waals surface area contributed by atoms with Gasteiger partial charge in [-0.2, -0.15) is 0 Å². The summed E-state index contributed by atoms with van der Waals surface area (Å²) in [5.41, 5.74) is 1.90. The van der Waals surface area contributed by atoms with Crippen LogP contribution in [0, 0.1) is 12.8 Å². The Hall–Kier alpha value is -2.53. The Labute approximate surface area is 184 Å². The molecule has 0 bridgehead atoms. The van der Waals surface area contributed by atoms with Crippen molar-refractivity contribution in [3.05, 3.63) is 64.7 Å². The highest BCUT2D eigenvalue weighted by Crippen LogP contribution is 2.20. The summed E-state index contributed by atoms with van der Waals surface area (Å²) in [4.78, 5) is 27.5. The first-order chi connectivity index (χ1) is 14.3. The van der Waals surface area contributed by atoms with E-state index in [0.29, 0.717) is 29.7 Å². The van der Waals surface area contributed by atoms with E-state index in [2.05, 4.69) is 5.32 Å². The number of benzene rings is 2. The van der Waals surface area contributed by atoms with Gasteiger partial charge in [0.25, 0.3) is 5.91 Å².